The molecule has 0 aliphatic heterocycles. The normalized spacial score (nSPS) is 13.2. The van der Waals surface area contributed by atoms with Crippen LogP contribution in [0.1, 0.15) is 43.5 Å². The molecule has 0 heterocycles. The number of hydrazine groups is 1. The van der Waals surface area contributed by atoms with Crippen molar-refractivity contribution in [1.29, 1.82) is 0 Å². The maximum absolute atomic E-state index is 13.4. The van der Waals surface area contributed by atoms with E-state index in [1.165, 1.54) is 17.7 Å². The molecule has 1 unspecified atom stereocenters. The van der Waals surface area contributed by atoms with E-state index in [4.69, 9.17) is 5.84 Å². The zero-order valence-corrected chi connectivity index (χ0v) is 12.2. The highest BCUT2D eigenvalue weighted by Crippen LogP contribution is 2.32. The monoisotopic (exact) mass is 272 g/mol. The molecule has 0 saturated carbocycles. The largest absolute Gasteiger partial charge is 0.271 e. The van der Waals surface area contributed by atoms with Crippen LogP contribution in [-0.4, -0.2) is 0 Å². The smallest absolute Gasteiger partial charge is 0.123 e. The Kier molecular flexibility index (Phi) is 4.21. The number of nitrogens with two attached hydrogens (primary N) is 1. The second-order valence-electron chi connectivity index (χ2n) is 5.99. The Morgan fingerprint density at radius 3 is 2.35 bits per heavy atom. The molecule has 0 aromatic heterocycles. The molecule has 2 rings (SSSR count). The van der Waals surface area contributed by atoms with Gasteiger partial charge in [-0.15, -0.1) is 0 Å². The molecule has 0 bridgehead atoms. The van der Waals surface area contributed by atoms with Gasteiger partial charge in [-0.2, -0.15) is 0 Å². The highest BCUT2D eigenvalue weighted by atomic mass is 19.1. The van der Waals surface area contributed by atoms with E-state index in [-0.39, 0.29) is 17.3 Å². The van der Waals surface area contributed by atoms with E-state index in [0.717, 1.165) is 11.1 Å². The van der Waals surface area contributed by atoms with Crippen LogP contribution in [0.3, 0.4) is 0 Å². The van der Waals surface area contributed by atoms with Crippen LogP contribution in [0.5, 0.6) is 0 Å². The lowest BCUT2D eigenvalue weighted by atomic mass is 9.80. The molecular weight excluding hydrogens is 251 g/mol. The van der Waals surface area contributed by atoms with Gasteiger partial charge in [-0.05, 0) is 34.2 Å². The van der Waals surface area contributed by atoms with Crippen molar-refractivity contribution in [1.82, 2.24) is 5.43 Å². The second-order valence-corrected chi connectivity index (χ2v) is 5.99. The summed E-state index contributed by atoms with van der Waals surface area (Å²) in [5, 5.41) is 0. The fourth-order valence-corrected chi connectivity index (χ4v) is 2.48. The Balaban J connectivity index is 2.53. The van der Waals surface area contributed by atoms with Crippen molar-refractivity contribution >= 4 is 0 Å². The van der Waals surface area contributed by atoms with Crippen LogP contribution in [0.4, 0.5) is 4.39 Å². The minimum atomic E-state index is -0.254. The third-order valence-corrected chi connectivity index (χ3v) is 3.43. The van der Waals surface area contributed by atoms with E-state index in [2.05, 4.69) is 32.3 Å². The van der Waals surface area contributed by atoms with Crippen molar-refractivity contribution in [2.24, 2.45) is 5.84 Å². The maximum atomic E-state index is 13.4. The Labute approximate surface area is 119 Å². The average Bonchev–Trinajstić information content (AvgIpc) is 2.39. The predicted molar refractivity (Wildman–Crippen MR) is 80.7 cm³/mol. The highest BCUT2D eigenvalue weighted by molar-refractivity contribution is 5.40. The van der Waals surface area contributed by atoms with E-state index >= 15 is 0 Å². The molecule has 0 amide bonds. The first-order chi connectivity index (χ1) is 9.43. The molecule has 20 heavy (non-hydrogen) atoms. The number of nitrogens with one attached hydrogen (secondary N) is 1. The Bertz CT molecular complexity index is 588. The molecule has 1 atom stereocenters. The molecule has 2 aromatic rings. The number of halogens is 1. The topological polar surface area (TPSA) is 38.0 Å². The molecule has 0 fully saturated rings. The molecule has 0 aliphatic rings. The quantitative estimate of drug-likeness (QED) is 0.661. The summed E-state index contributed by atoms with van der Waals surface area (Å²) in [5.74, 6) is 5.47. The number of hydrogen-bond donors (Lipinski definition) is 2. The summed E-state index contributed by atoms with van der Waals surface area (Å²) in [6.45, 7) is 6.47. The first-order valence-corrected chi connectivity index (χ1v) is 6.74. The Morgan fingerprint density at radius 2 is 1.75 bits per heavy atom. The molecule has 2 aromatic carbocycles. The van der Waals surface area contributed by atoms with Gasteiger partial charge in [0, 0.05) is 0 Å². The summed E-state index contributed by atoms with van der Waals surface area (Å²) in [5.41, 5.74) is 5.91. The summed E-state index contributed by atoms with van der Waals surface area (Å²) in [6.07, 6.45) is 0. The van der Waals surface area contributed by atoms with Crippen LogP contribution in [0.2, 0.25) is 0 Å². The third kappa shape index (κ3) is 3.06. The van der Waals surface area contributed by atoms with E-state index in [9.17, 15) is 4.39 Å². The summed E-state index contributed by atoms with van der Waals surface area (Å²) in [6, 6.07) is 14.5. The lowest BCUT2D eigenvalue weighted by Crippen LogP contribution is -2.31. The van der Waals surface area contributed by atoms with Gasteiger partial charge in [0.1, 0.15) is 5.82 Å². The van der Waals surface area contributed by atoms with Gasteiger partial charge in [-0.25, -0.2) is 9.82 Å². The van der Waals surface area contributed by atoms with Gasteiger partial charge in [-0.3, -0.25) is 5.84 Å². The zero-order valence-electron chi connectivity index (χ0n) is 12.2. The van der Waals surface area contributed by atoms with Gasteiger partial charge in [0.25, 0.3) is 0 Å². The third-order valence-electron chi connectivity index (χ3n) is 3.43. The lowest BCUT2D eigenvalue weighted by Gasteiger charge is -2.27. The van der Waals surface area contributed by atoms with Crippen LogP contribution in [-0.2, 0) is 5.41 Å². The van der Waals surface area contributed by atoms with Crippen molar-refractivity contribution in [2.75, 3.05) is 0 Å². The average molecular weight is 272 g/mol. The molecule has 0 aliphatic carbocycles. The molecule has 3 N–H and O–H groups in total. The van der Waals surface area contributed by atoms with Crippen molar-refractivity contribution in [3.05, 3.63) is 71.0 Å². The molecule has 3 heteroatoms. The van der Waals surface area contributed by atoms with Crippen LogP contribution in [0, 0.1) is 5.82 Å². The van der Waals surface area contributed by atoms with Gasteiger partial charge in [0.05, 0.1) is 6.04 Å². The van der Waals surface area contributed by atoms with Gasteiger partial charge >= 0.3 is 0 Å². The van der Waals surface area contributed by atoms with Gasteiger partial charge in [0.15, 0.2) is 0 Å². The van der Waals surface area contributed by atoms with Crippen LogP contribution in [0.25, 0.3) is 0 Å². The standard InChI is InChI=1S/C17H21FN2/c1-17(2,3)15-10-5-4-9-14(15)16(20-19)12-7-6-8-13(18)11-12/h4-11,16,20H,19H2,1-3H3. The van der Waals surface area contributed by atoms with Crippen LogP contribution >= 0.6 is 0 Å². The summed E-state index contributed by atoms with van der Waals surface area (Å²) >= 11 is 0. The molecule has 106 valence electrons. The molecule has 2 nitrogen and oxygen atoms in total. The minimum absolute atomic E-state index is 0.000974. The van der Waals surface area contributed by atoms with Gasteiger partial charge in [0.2, 0.25) is 0 Å². The van der Waals surface area contributed by atoms with E-state index in [0.29, 0.717) is 0 Å². The molecule has 0 radical (unpaired) electrons. The number of hydrogen-bond acceptors (Lipinski definition) is 2. The summed E-state index contributed by atoms with van der Waals surface area (Å²) in [7, 11) is 0. The van der Waals surface area contributed by atoms with E-state index < -0.39 is 0 Å². The SMILES string of the molecule is CC(C)(C)c1ccccc1C(NN)c1cccc(F)c1. The zero-order chi connectivity index (χ0) is 14.8. The van der Waals surface area contributed by atoms with E-state index in [1.807, 2.05) is 24.3 Å². The van der Waals surface area contributed by atoms with Gasteiger partial charge in [-0.1, -0.05) is 57.2 Å². The first-order valence-electron chi connectivity index (χ1n) is 6.74. The Hall–Kier alpha value is -1.71. The fraction of sp³-hybridized carbons (Fsp3) is 0.294. The highest BCUT2D eigenvalue weighted by Gasteiger charge is 2.23. The number of rotatable bonds is 3. The van der Waals surface area contributed by atoms with Crippen molar-refractivity contribution < 1.29 is 4.39 Å². The lowest BCUT2D eigenvalue weighted by molar-refractivity contribution is 0.555. The second kappa shape index (κ2) is 5.73. The van der Waals surface area contributed by atoms with Crippen molar-refractivity contribution in [3.8, 4) is 0 Å². The summed E-state index contributed by atoms with van der Waals surface area (Å²) < 4.78 is 13.4. The summed E-state index contributed by atoms with van der Waals surface area (Å²) in [4.78, 5) is 0. The van der Waals surface area contributed by atoms with Crippen LogP contribution < -0.4 is 11.3 Å². The molecular formula is C17H21FN2. The van der Waals surface area contributed by atoms with Gasteiger partial charge < -0.3 is 0 Å². The Morgan fingerprint density at radius 1 is 1.05 bits per heavy atom. The van der Waals surface area contributed by atoms with E-state index in [1.54, 1.807) is 6.07 Å². The minimum Gasteiger partial charge on any atom is -0.271 e. The maximum Gasteiger partial charge on any atom is 0.123 e. The fourth-order valence-electron chi connectivity index (χ4n) is 2.48. The number of benzene rings is 2. The molecule has 0 saturated heterocycles. The van der Waals surface area contributed by atoms with Crippen molar-refractivity contribution in [2.45, 2.75) is 32.2 Å². The van der Waals surface area contributed by atoms with Crippen LogP contribution in [0.15, 0.2) is 48.5 Å². The first kappa shape index (κ1) is 14.7. The van der Waals surface area contributed by atoms with Crippen molar-refractivity contribution in [3.63, 3.8) is 0 Å². The predicted octanol–water partition coefficient (Wildman–Crippen LogP) is 3.68. The molecule has 0 spiro atoms.